The van der Waals surface area contributed by atoms with E-state index >= 15 is 0 Å². The lowest BCUT2D eigenvalue weighted by molar-refractivity contribution is 0.0479. The Bertz CT molecular complexity index is 1080. The minimum atomic E-state index is -0.271. The molecule has 0 bridgehead atoms. The zero-order valence-corrected chi connectivity index (χ0v) is 16.7. The van der Waals surface area contributed by atoms with Crippen LogP contribution in [0.2, 0.25) is 0 Å². The first-order valence-electron chi connectivity index (χ1n) is 10.2. The summed E-state index contributed by atoms with van der Waals surface area (Å²) in [6.07, 6.45) is 2.21. The normalized spacial score (nSPS) is 18.9. The SMILES string of the molecule is CC1(C)CNCCN1C(=O)c1cc(-c2ccc(O)cc2)nc2[nH]nc(C3CC3)c12. The van der Waals surface area contributed by atoms with E-state index in [1.54, 1.807) is 12.1 Å². The van der Waals surface area contributed by atoms with Crippen LogP contribution in [0.3, 0.4) is 0 Å². The van der Waals surface area contributed by atoms with Crippen molar-refractivity contribution in [3.63, 3.8) is 0 Å². The fourth-order valence-corrected chi connectivity index (χ4v) is 4.16. The fraction of sp³-hybridized carbons (Fsp3) is 0.409. The maximum atomic E-state index is 13.7. The van der Waals surface area contributed by atoms with E-state index in [0.717, 1.165) is 42.6 Å². The summed E-state index contributed by atoms with van der Waals surface area (Å²) in [5.41, 5.74) is 3.53. The Morgan fingerprint density at radius 2 is 2.00 bits per heavy atom. The number of aromatic hydroxyl groups is 1. The average Bonchev–Trinajstić information content (AvgIpc) is 3.46. The van der Waals surface area contributed by atoms with E-state index in [-0.39, 0.29) is 17.2 Å². The molecule has 2 aromatic heterocycles. The van der Waals surface area contributed by atoms with Gasteiger partial charge in [0.25, 0.3) is 5.91 Å². The van der Waals surface area contributed by atoms with E-state index in [1.807, 2.05) is 23.1 Å². The van der Waals surface area contributed by atoms with Gasteiger partial charge in [0.2, 0.25) is 0 Å². The topological polar surface area (TPSA) is 94.1 Å². The standard InChI is InChI=1S/C22H25N5O2/c1-22(2)12-23-9-10-27(22)21(29)16-11-17(13-5-7-15(28)8-6-13)24-20-18(16)19(25-26-20)14-3-4-14/h5-8,11,14,23,28H,3-4,9-10,12H2,1-2H3,(H,24,25,26). The van der Waals surface area contributed by atoms with Crippen molar-refractivity contribution >= 4 is 16.9 Å². The molecule has 1 saturated heterocycles. The number of nitrogens with one attached hydrogen (secondary N) is 2. The van der Waals surface area contributed by atoms with Crippen molar-refractivity contribution in [1.82, 2.24) is 25.4 Å². The number of carbonyl (C=O) groups excluding carboxylic acids is 1. The highest BCUT2D eigenvalue weighted by Crippen LogP contribution is 2.43. The molecule has 29 heavy (non-hydrogen) atoms. The number of piperazine rings is 1. The van der Waals surface area contributed by atoms with Crippen LogP contribution in [0.1, 0.15) is 48.7 Å². The van der Waals surface area contributed by atoms with Crippen LogP contribution in [-0.2, 0) is 0 Å². The number of aromatic nitrogens is 3. The van der Waals surface area contributed by atoms with Gasteiger partial charge in [0.15, 0.2) is 5.65 Å². The molecule has 1 amide bonds. The number of pyridine rings is 1. The molecular formula is C22H25N5O2. The molecule has 3 N–H and O–H groups in total. The molecule has 2 aliphatic rings. The third-order valence-electron chi connectivity index (χ3n) is 5.96. The lowest BCUT2D eigenvalue weighted by atomic mass is 9.96. The highest BCUT2D eigenvalue weighted by molar-refractivity contribution is 6.08. The molecule has 2 fully saturated rings. The highest BCUT2D eigenvalue weighted by Gasteiger charge is 2.37. The predicted molar refractivity (Wildman–Crippen MR) is 111 cm³/mol. The van der Waals surface area contributed by atoms with Gasteiger partial charge in [0.05, 0.1) is 27.9 Å². The van der Waals surface area contributed by atoms with Crippen molar-refractivity contribution in [2.24, 2.45) is 0 Å². The zero-order valence-electron chi connectivity index (χ0n) is 16.7. The van der Waals surface area contributed by atoms with Crippen LogP contribution in [0.15, 0.2) is 30.3 Å². The summed E-state index contributed by atoms with van der Waals surface area (Å²) in [6, 6.07) is 8.77. The van der Waals surface area contributed by atoms with Crippen LogP contribution >= 0.6 is 0 Å². The third-order valence-corrected chi connectivity index (χ3v) is 5.96. The van der Waals surface area contributed by atoms with Crippen LogP contribution in [0.4, 0.5) is 0 Å². The predicted octanol–water partition coefficient (Wildman–Crippen LogP) is 3.03. The molecule has 1 aromatic carbocycles. The quantitative estimate of drug-likeness (QED) is 0.638. The average molecular weight is 391 g/mol. The van der Waals surface area contributed by atoms with Crippen LogP contribution in [0.25, 0.3) is 22.3 Å². The summed E-state index contributed by atoms with van der Waals surface area (Å²) < 4.78 is 0. The lowest BCUT2D eigenvalue weighted by Gasteiger charge is -2.43. The number of hydrogen-bond acceptors (Lipinski definition) is 5. The van der Waals surface area contributed by atoms with Gasteiger partial charge in [0.1, 0.15) is 5.75 Å². The van der Waals surface area contributed by atoms with Gasteiger partial charge in [-0.3, -0.25) is 9.89 Å². The van der Waals surface area contributed by atoms with Crippen LogP contribution in [-0.4, -0.2) is 56.3 Å². The molecule has 0 atom stereocenters. The van der Waals surface area contributed by atoms with Crippen LogP contribution in [0.5, 0.6) is 5.75 Å². The van der Waals surface area contributed by atoms with E-state index in [1.165, 1.54) is 0 Å². The highest BCUT2D eigenvalue weighted by atomic mass is 16.3. The molecule has 3 aromatic rings. The van der Waals surface area contributed by atoms with Gasteiger partial charge in [-0.1, -0.05) is 0 Å². The smallest absolute Gasteiger partial charge is 0.255 e. The maximum absolute atomic E-state index is 13.7. The molecule has 7 nitrogen and oxygen atoms in total. The lowest BCUT2D eigenvalue weighted by Crippen LogP contribution is -2.59. The Morgan fingerprint density at radius 3 is 2.69 bits per heavy atom. The summed E-state index contributed by atoms with van der Waals surface area (Å²) in [7, 11) is 0. The van der Waals surface area contributed by atoms with E-state index < -0.39 is 0 Å². The summed E-state index contributed by atoms with van der Waals surface area (Å²) in [4.78, 5) is 20.5. The number of rotatable bonds is 3. The number of benzene rings is 1. The van der Waals surface area contributed by atoms with Crippen molar-refractivity contribution in [2.45, 2.75) is 38.1 Å². The Kier molecular flexibility index (Phi) is 4.10. The van der Waals surface area contributed by atoms with Crippen molar-refractivity contribution in [3.05, 3.63) is 41.6 Å². The minimum Gasteiger partial charge on any atom is -0.508 e. The van der Waals surface area contributed by atoms with Gasteiger partial charge in [-0.05, 0) is 57.0 Å². The summed E-state index contributed by atoms with van der Waals surface area (Å²) in [6.45, 7) is 6.40. The first kappa shape index (κ1) is 18.1. The van der Waals surface area contributed by atoms with E-state index in [9.17, 15) is 9.90 Å². The van der Waals surface area contributed by atoms with Crippen LogP contribution < -0.4 is 5.32 Å². The number of aromatic amines is 1. The van der Waals surface area contributed by atoms with Crippen molar-refractivity contribution in [2.75, 3.05) is 19.6 Å². The second kappa shape index (κ2) is 6.56. The Labute approximate surface area is 169 Å². The van der Waals surface area contributed by atoms with Gasteiger partial charge < -0.3 is 15.3 Å². The molecule has 5 rings (SSSR count). The van der Waals surface area contributed by atoms with Gasteiger partial charge in [-0.25, -0.2) is 4.98 Å². The number of hydrogen-bond donors (Lipinski definition) is 3. The minimum absolute atomic E-state index is 0.0206. The number of fused-ring (bicyclic) bond motifs is 1. The summed E-state index contributed by atoms with van der Waals surface area (Å²) >= 11 is 0. The Morgan fingerprint density at radius 1 is 1.24 bits per heavy atom. The molecular weight excluding hydrogens is 366 g/mol. The summed E-state index contributed by atoms with van der Waals surface area (Å²) in [5.74, 6) is 0.631. The molecule has 0 unspecified atom stereocenters. The van der Waals surface area contributed by atoms with Crippen molar-refractivity contribution in [3.8, 4) is 17.0 Å². The first-order valence-corrected chi connectivity index (χ1v) is 10.2. The molecule has 1 aliphatic heterocycles. The molecule has 0 radical (unpaired) electrons. The largest absolute Gasteiger partial charge is 0.508 e. The molecule has 1 saturated carbocycles. The van der Waals surface area contributed by atoms with Gasteiger partial charge >= 0.3 is 0 Å². The van der Waals surface area contributed by atoms with Gasteiger partial charge in [0, 0.05) is 31.1 Å². The van der Waals surface area contributed by atoms with E-state index in [0.29, 0.717) is 29.4 Å². The zero-order chi connectivity index (χ0) is 20.2. The number of phenols is 1. The Hall–Kier alpha value is -2.93. The van der Waals surface area contributed by atoms with Gasteiger partial charge in [-0.2, -0.15) is 5.10 Å². The number of H-pyrrole nitrogens is 1. The monoisotopic (exact) mass is 391 g/mol. The molecule has 3 heterocycles. The molecule has 150 valence electrons. The van der Waals surface area contributed by atoms with Crippen molar-refractivity contribution in [1.29, 1.82) is 0 Å². The maximum Gasteiger partial charge on any atom is 0.255 e. The van der Waals surface area contributed by atoms with Gasteiger partial charge in [-0.15, -0.1) is 0 Å². The molecule has 7 heteroatoms. The molecule has 0 spiro atoms. The fourth-order valence-electron chi connectivity index (χ4n) is 4.16. The molecule has 1 aliphatic carbocycles. The second-order valence-electron chi connectivity index (χ2n) is 8.65. The van der Waals surface area contributed by atoms with Crippen LogP contribution in [0, 0.1) is 0 Å². The number of carbonyl (C=O) groups is 1. The summed E-state index contributed by atoms with van der Waals surface area (Å²) in [5, 5.41) is 21.4. The second-order valence-corrected chi connectivity index (χ2v) is 8.65. The third kappa shape index (κ3) is 3.15. The van der Waals surface area contributed by atoms with E-state index in [4.69, 9.17) is 4.98 Å². The van der Waals surface area contributed by atoms with Crippen molar-refractivity contribution < 1.29 is 9.90 Å². The Balaban J connectivity index is 1.67. The number of nitrogens with zero attached hydrogens (tertiary/aromatic N) is 3. The number of phenolic OH excluding ortho intramolecular Hbond substituents is 1. The first-order chi connectivity index (χ1) is 13.9. The van der Waals surface area contributed by atoms with E-state index in [2.05, 4.69) is 29.4 Å². The number of amides is 1.